The SMILES string of the molecule is C/C(=N\N=C1\SCC(=O)N1/N=C(\C)c1cc2ccccc2oc1=O)c1cc2ccccc2oc1=O. The van der Waals surface area contributed by atoms with Crippen molar-refractivity contribution in [2.45, 2.75) is 13.8 Å². The van der Waals surface area contributed by atoms with Crippen LogP contribution in [0, 0.1) is 0 Å². The molecule has 5 rings (SSSR count). The molecule has 1 saturated heterocycles. The van der Waals surface area contributed by atoms with E-state index in [1.54, 1.807) is 50.2 Å². The molecule has 1 aliphatic heterocycles. The highest BCUT2D eigenvalue weighted by Gasteiger charge is 2.29. The molecular formula is C25H18N4O5S. The van der Waals surface area contributed by atoms with Crippen molar-refractivity contribution in [3.8, 4) is 0 Å². The zero-order chi connectivity index (χ0) is 24.5. The number of carbonyl (C=O) groups is 1. The van der Waals surface area contributed by atoms with Gasteiger partial charge in [0.15, 0.2) is 0 Å². The summed E-state index contributed by atoms with van der Waals surface area (Å²) in [5.74, 6) is -0.189. The number of nitrogens with zero attached hydrogens (tertiary/aromatic N) is 4. The average Bonchev–Trinajstić information content (AvgIpc) is 3.20. The molecule has 2 aromatic heterocycles. The van der Waals surface area contributed by atoms with Crippen LogP contribution in [0.3, 0.4) is 0 Å². The van der Waals surface area contributed by atoms with E-state index in [9.17, 15) is 14.4 Å². The van der Waals surface area contributed by atoms with Gasteiger partial charge in [-0.1, -0.05) is 48.2 Å². The molecule has 2 aromatic carbocycles. The smallest absolute Gasteiger partial charge is 0.345 e. The summed E-state index contributed by atoms with van der Waals surface area (Å²) >= 11 is 1.16. The Morgan fingerprint density at radius 3 is 1.97 bits per heavy atom. The van der Waals surface area contributed by atoms with E-state index < -0.39 is 11.3 Å². The highest BCUT2D eigenvalue weighted by atomic mass is 32.2. The number of thioether (sulfide) groups is 1. The lowest BCUT2D eigenvalue weighted by atomic mass is 10.1. The molecule has 35 heavy (non-hydrogen) atoms. The Bertz CT molecular complexity index is 1700. The third kappa shape index (κ3) is 4.43. The minimum absolute atomic E-state index is 0.120. The molecule has 1 amide bonds. The maximum Gasteiger partial charge on any atom is 0.345 e. The van der Waals surface area contributed by atoms with Crippen molar-refractivity contribution in [2.24, 2.45) is 15.3 Å². The molecule has 0 radical (unpaired) electrons. The van der Waals surface area contributed by atoms with E-state index in [-0.39, 0.29) is 28.0 Å². The Morgan fingerprint density at radius 2 is 1.37 bits per heavy atom. The highest BCUT2D eigenvalue weighted by Crippen LogP contribution is 2.21. The second-order valence-electron chi connectivity index (χ2n) is 7.72. The fraction of sp³-hybridized carbons (Fsp3) is 0.120. The van der Waals surface area contributed by atoms with Crippen LogP contribution in [0.4, 0.5) is 0 Å². The first kappa shape index (κ1) is 22.5. The van der Waals surface area contributed by atoms with Gasteiger partial charge in [0.1, 0.15) is 11.2 Å². The number of fused-ring (bicyclic) bond motifs is 2. The molecule has 1 fully saturated rings. The molecule has 174 valence electrons. The third-order valence-corrected chi connectivity index (χ3v) is 6.24. The van der Waals surface area contributed by atoms with Crippen LogP contribution in [0.15, 0.2) is 94.4 Å². The summed E-state index contributed by atoms with van der Waals surface area (Å²) in [7, 11) is 0. The Balaban J connectivity index is 1.48. The minimum Gasteiger partial charge on any atom is -0.422 e. The maximum atomic E-state index is 12.5. The van der Waals surface area contributed by atoms with Crippen LogP contribution in [0.2, 0.25) is 0 Å². The van der Waals surface area contributed by atoms with Crippen LogP contribution in [-0.4, -0.2) is 33.3 Å². The van der Waals surface area contributed by atoms with Crippen molar-refractivity contribution in [3.63, 3.8) is 0 Å². The van der Waals surface area contributed by atoms with E-state index in [2.05, 4.69) is 15.3 Å². The molecular weight excluding hydrogens is 468 g/mol. The van der Waals surface area contributed by atoms with E-state index in [4.69, 9.17) is 8.83 Å². The second kappa shape index (κ2) is 9.15. The number of hydrogen-bond acceptors (Lipinski definition) is 9. The molecule has 0 bridgehead atoms. The van der Waals surface area contributed by atoms with Gasteiger partial charge in [-0.2, -0.15) is 15.2 Å². The first-order valence-corrected chi connectivity index (χ1v) is 11.6. The first-order chi connectivity index (χ1) is 16.9. The van der Waals surface area contributed by atoms with E-state index in [1.807, 2.05) is 24.3 Å². The quantitative estimate of drug-likeness (QED) is 0.245. The van der Waals surface area contributed by atoms with Crippen LogP contribution in [0.5, 0.6) is 0 Å². The summed E-state index contributed by atoms with van der Waals surface area (Å²) in [4.78, 5) is 37.3. The summed E-state index contributed by atoms with van der Waals surface area (Å²) < 4.78 is 10.7. The van der Waals surface area contributed by atoms with Gasteiger partial charge in [-0.3, -0.25) is 4.79 Å². The average molecular weight is 487 g/mol. The fourth-order valence-corrected chi connectivity index (χ4v) is 4.27. The van der Waals surface area contributed by atoms with Gasteiger partial charge in [-0.05, 0) is 38.1 Å². The van der Waals surface area contributed by atoms with Gasteiger partial charge in [0.2, 0.25) is 5.17 Å². The molecule has 10 heteroatoms. The van der Waals surface area contributed by atoms with Gasteiger partial charge in [-0.25, -0.2) is 9.59 Å². The van der Waals surface area contributed by atoms with Crippen molar-refractivity contribution < 1.29 is 13.6 Å². The lowest BCUT2D eigenvalue weighted by molar-refractivity contribution is -0.124. The molecule has 0 N–H and O–H groups in total. The van der Waals surface area contributed by atoms with Crippen LogP contribution < -0.4 is 11.3 Å². The van der Waals surface area contributed by atoms with Crippen LogP contribution in [-0.2, 0) is 4.79 Å². The maximum absolute atomic E-state index is 12.5. The van der Waals surface area contributed by atoms with Crippen LogP contribution in [0.25, 0.3) is 21.9 Å². The number of para-hydroxylation sites is 2. The first-order valence-electron chi connectivity index (χ1n) is 10.6. The van der Waals surface area contributed by atoms with E-state index in [0.29, 0.717) is 22.6 Å². The third-order valence-electron chi connectivity index (χ3n) is 5.34. The monoisotopic (exact) mass is 486 g/mol. The molecule has 0 saturated carbocycles. The molecule has 0 unspecified atom stereocenters. The number of carbonyl (C=O) groups excluding carboxylic acids is 1. The van der Waals surface area contributed by atoms with Gasteiger partial charge in [0, 0.05) is 10.8 Å². The molecule has 1 aliphatic rings. The Morgan fingerprint density at radius 1 is 0.829 bits per heavy atom. The Kier molecular flexibility index (Phi) is 5.87. The number of amidine groups is 1. The summed E-state index contributed by atoms with van der Waals surface area (Å²) in [5, 5.41) is 15.5. The molecule has 4 aromatic rings. The summed E-state index contributed by atoms with van der Waals surface area (Å²) in [6, 6.07) is 17.7. The standard InChI is InChI=1S/C25H18N4O5S/c1-14(18-11-16-7-3-5-9-20(16)33-23(18)31)26-27-25-29(22(30)13-35-25)28-15(2)19-12-17-8-4-6-10-21(17)34-24(19)32/h3-12H,13H2,1-2H3/b26-14+,27-25+,28-15+. The van der Waals surface area contributed by atoms with E-state index in [0.717, 1.165) is 27.5 Å². The van der Waals surface area contributed by atoms with E-state index >= 15 is 0 Å². The van der Waals surface area contributed by atoms with Crippen molar-refractivity contribution in [1.29, 1.82) is 0 Å². The predicted molar refractivity (Wildman–Crippen MR) is 136 cm³/mol. The van der Waals surface area contributed by atoms with Crippen molar-refractivity contribution >= 4 is 56.2 Å². The summed E-state index contributed by atoms with van der Waals surface area (Å²) in [6.07, 6.45) is 0. The highest BCUT2D eigenvalue weighted by molar-refractivity contribution is 8.15. The normalized spacial score (nSPS) is 16.1. The van der Waals surface area contributed by atoms with Gasteiger partial charge < -0.3 is 8.83 Å². The van der Waals surface area contributed by atoms with Crippen LogP contribution in [0.1, 0.15) is 25.0 Å². The Labute approximate surface area is 202 Å². The van der Waals surface area contributed by atoms with E-state index in [1.165, 1.54) is 0 Å². The number of benzene rings is 2. The zero-order valence-corrected chi connectivity index (χ0v) is 19.5. The molecule has 9 nitrogen and oxygen atoms in total. The number of hydrazone groups is 1. The van der Waals surface area contributed by atoms with Gasteiger partial charge in [0.05, 0.1) is 28.3 Å². The molecule has 3 heterocycles. The lowest BCUT2D eigenvalue weighted by Gasteiger charge is -2.10. The molecule has 0 atom stereocenters. The molecule has 0 spiro atoms. The van der Waals surface area contributed by atoms with Crippen molar-refractivity contribution in [3.05, 3.63) is 92.6 Å². The zero-order valence-electron chi connectivity index (χ0n) is 18.7. The molecule has 0 aliphatic carbocycles. The number of hydrogen-bond donors (Lipinski definition) is 0. The second-order valence-corrected chi connectivity index (χ2v) is 8.66. The van der Waals surface area contributed by atoms with Crippen LogP contribution >= 0.6 is 11.8 Å². The van der Waals surface area contributed by atoms with Gasteiger partial charge in [-0.15, -0.1) is 5.10 Å². The summed E-state index contributed by atoms with van der Waals surface area (Å²) in [5.41, 5.74) is 0.979. The summed E-state index contributed by atoms with van der Waals surface area (Å²) in [6.45, 7) is 3.25. The van der Waals surface area contributed by atoms with Crippen molar-refractivity contribution in [1.82, 2.24) is 5.01 Å². The predicted octanol–water partition coefficient (Wildman–Crippen LogP) is 3.98. The van der Waals surface area contributed by atoms with Gasteiger partial charge >= 0.3 is 11.3 Å². The van der Waals surface area contributed by atoms with Crippen molar-refractivity contribution in [2.75, 3.05) is 5.75 Å². The minimum atomic E-state index is -0.556. The fourth-order valence-electron chi connectivity index (χ4n) is 3.53. The van der Waals surface area contributed by atoms with Gasteiger partial charge in [0.25, 0.3) is 5.91 Å². The lowest BCUT2D eigenvalue weighted by Crippen LogP contribution is -2.26. The number of rotatable bonds is 4. The topological polar surface area (TPSA) is 118 Å². The number of amides is 1. The largest absolute Gasteiger partial charge is 0.422 e. The Hall–Kier alpha value is -4.31.